The Hall–Kier alpha value is -1.06. The minimum absolute atomic E-state index is 0.228. The lowest BCUT2D eigenvalue weighted by molar-refractivity contribution is 0.318. The van der Waals surface area contributed by atoms with Crippen LogP contribution in [0.15, 0.2) is 18.2 Å². The molecule has 108 valence electrons. The number of nitrogens with one attached hydrogen (secondary N) is 1. The van der Waals surface area contributed by atoms with Crippen molar-refractivity contribution in [3.8, 4) is 5.75 Å². The molecule has 0 aliphatic rings. The maximum Gasteiger partial charge on any atom is 0.119 e. The maximum atomic E-state index is 5.82. The lowest BCUT2D eigenvalue weighted by Gasteiger charge is -2.28. The number of hydrazine groups is 1. The van der Waals surface area contributed by atoms with E-state index in [0.29, 0.717) is 5.92 Å². The van der Waals surface area contributed by atoms with Crippen molar-refractivity contribution in [1.29, 1.82) is 0 Å². The topological polar surface area (TPSA) is 47.3 Å². The molecule has 0 saturated carbocycles. The first-order chi connectivity index (χ1) is 9.17. The zero-order valence-electron chi connectivity index (χ0n) is 12.7. The van der Waals surface area contributed by atoms with Gasteiger partial charge in [-0.05, 0) is 48.9 Å². The van der Waals surface area contributed by atoms with Crippen LogP contribution in [-0.2, 0) is 0 Å². The van der Waals surface area contributed by atoms with Crippen molar-refractivity contribution >= 4 is 0 Å². The summed E-state index contributed by atoms with van der Waals surface area (Å²) in [6.45, 7) is 6.59. The lowest BCUT2D eigenvalue weighted by atomic mass is 9.85. The molecule has 3 heteroatoms. The Morgan fingerprint density at radius 2 is 1.84 bits per heavy atom. The normalized spacial score (nSPS) is 12.7. The molecule has 19 heavy (non-hydrogen) atoms. The van der Waals surface area contributed by atoms with Crippen LogP contribution in [0.1, 0.15) is 56.7 Å². The van der Waals surface area contributed by atoms with Gasteiger partial charge in [-0.1, -0.05) is 32.8 Å². The van der Waals surface area contributed by atoms with Crippen LogP contribution in [0.25, 0.3) is 0 Å². The van der Waals surface area contributed by atoms with Gasteiger partial charge in [-0.3, -0.25) is 11.3 Å². The maximum absolute atomic E-state index is 5.82. The highest BCUT2D eigenvalue weighted by atomic mass is 16.5. The largest absolute Gasteiger partial charge is 0.497 e. The molecule has 0 bridgehead atoms. The van der Waals surface area contributed by atoms with E-state index in [-0.39, 0.29) is 6.04 Å². The number of hydrogen-bond donors (Lipinski definition) is 2. The summed E-state index contributed by atoms with van der Waals surface area (Å²) in [6.07, 6.45) is 4.79. The van der Waals surface area contributed by atoms with E-state index >= 15 is 0 Å². The molecule has 3 nitrogen and oxygen atoms in total. The Bertz CT molecular complexity index is 373. The molecule has 0 aliphatic carbocycles. The number of benzene rings is 1. The third kappa shape index (κ3) is 4.22. The van der Waals surface area contributed by atoms with Crippen molar-refractivity contribution in [3.63, 3.8) is 0 Å². The molecule has 0 aromatic heterocycles. The highest BCUT2D eigenvalue weighted by Gasteiger charge is 2.22. The second-order valence-electron chi connectivity index (χ2n) is 5.20. The summed E-state index contributed by atoms with van der Waals surface area (Å²) in [5.74, 6) is 7.32. The fourth-order valence-electron chi connectivity index (χ4n) is 2.82. The van der Waals surface area contributed by atoms with E-state index in [1.54, 1.807) is 7.11 Å². The molecule has 1 atom stereocenters. The predicted molar refractivity (Wildman–Crippen MR) is 81.1 cm³/mol. The second-order valence-corrected chi connectivity index (χ2v) is 5.20. The van der Waals surface area contributed by atoms with Crippen LogP contribution < -0.4 is 16.0 Å². The average molecular weight is 264 g/mol. The fourth-order valence-corrected chi connectivity index (χ4v) is 2.82. The van der Waals surface area contributed by atoms with E-state index in [2.05, 4.69) is 38.3 Å². The molecule has 0 heterocycles. The van der Waals surface area contributed by atoms with Gasteiger partial charge in [0.2, 0.25) is 0 Å². The Balaban J connectivity index is 2.99. The minimum atomic E-state index is 0.228. The fraction of sp³-hybridized carbons (Fsp3) is 0.625. The van der Waals surface area contributed by atoms with E-state index in [0.717, 1.165) is 5.75 Å². The molecule has 0 fully saturated rings. The van der Waals surface area contributed by atoms with Crippen LogP contribution in [0.3, 0.4) is 0 Å². The number of hydrogen-bond acceptors (Lipinski definition) is 3. The first kappa shape index (κ1) is 16.0. The highest BCUT2D eigenvalue weighted by molar-refractivity contribution is 5.36. The van der Waals surface area contributed by atoms with Crippen molar-refractivity contribution in [2.24, 2.45) is 11.8 Å². The lowest BCUT2D eigenvalue weighted by Crippen LogP contribution is -2.34. The number of ether oxygens (including phenoxy) is 1. The summed E-state index contributed by atoms with van der Waals surface area (Å²) in [4.78, 5) is 0. The molecule has 0 spiro atoms. The van der Waals surface area contributed by atoms with Crippen LogP contribution in [0.4, 0.5) is 0 Å². The van der Waals surface area contributed by atoms with Gasteiger partial charge in [-0.2, -0.15) is 0 Å². The van der Waals surface area contributed by atoms with E-state index in [9.17, 15) is 0 Å². The zero-order valence-corrected chi connectivity index (χ0v) is 12.7. The molecule has 1 aromatic rings. The summed E-state index contributed by atoms with van der Waals surface area (Å²) in [6, 6.07) is 6.46. The van der Waals surface area contributed by atoms with Gasteiger partial charge < -0.3 is 4.74 Å². The number of methoxy groups -OCH3 is 1. The Morgan fingerprint density at radius 3 is 2.26 bits per heavy atom. The Kier molecular flexibility index (Phi) is 6.89. The first-order valence-electron chi connectivity index (χ1n) is 7.28. The van der Waals surface area contributed by atoms with Crippen molar-refractivity contribution in [2.75, 3.05) is 7.11 Å². The summed E-state index contributed by atoms with van der Waals surface area (Å²) in [5.41, 5.74) is 5.55. The molecule has 1 unspecified atom stereocenters. The van der Waals surface area contributed by atoms with Crippen molar-refractivity contribution < 1.29 is 4.74 Å². The van der Waals surface area contributed by atoms with Gasteiger partial charge in [0, 0.05) is 6.04 Å². The average Bonchev–Trinajstić information content (AvgIpc) is 2.41. The Morgan fingerprint density at radius 1 is 1.21 bits per heavy atom. The minimum Gasteiger partial charge on any atom is -0.497 e. The summed E-state index contributed by atoms with van der Waals surface area (Å²) in [7, 11) is 1.70. The van der Waals surface area contributed by atoms with Crippen LogP contribution >= 0.6 is 0 Å². The van der Waals surface area contributed by atoms with Crippen molar-refractivity contribution in [3.05, 3.63) is 29.3 Å². The molecule has 1 rings (SSSR count). The van der Waals surface area contributed by atoms with Crippen molar-refractivity contribution in [2.45, 2.75) is 52.5 Å². The van der Waals surface area contributed by atoms with Gasteiger partial charge in [0.05, 0.1) is 7.11 Å². The third-order valence-corrected chi connectivity index (χ3v) is 3.78. The molecule has 0 saturated heterocycles. The van der Waals surface area contributed by atoms with Crippen LogP contribution in [-0.4, -0.2) is 7.11 Å². The zero-order chi connectivity index (χ0) is 14.3. The summed E-state index contributed by atoms with van der Waals surface area (Å²) < 4.78 is 5.27. The third-order valence-electron chi connectivity index (χ3n) is 3.78. The van der Waals surface area contributed by atoms with Crippen LogP contribution in [0.2, 0.25) is 0 Å². The van der Waals surface area contributed by atoms with E-state index in [1.165, 1.54) is 36.8 Å². The quantitative estimate of drug-likeness (QED) is 0.555. The number of rotatable bonds is 8. The molecule has 3 N–H and O–H groups in total. The Labute approximate surface area is 117 Å². The molecule has 0 aliphatic heterocycles. The number of aryl methyl sites for hydroxylation is 1. The smallest absolute Gasteiger partial charge is 0.119 e. The van der Waals surface area contributed by atoms with Gasteiger partial charge in [-0.15, -0.1) is 0 Å². The molecular formula is C16H28N2O. The van der Waals surface area contributed by atoms with Crippen molar-refractivity contribution in [1.82, 2.24) is 5.43 Å². The van der Waals surface area contributed by atoms with Crippen LogP contribution in [0, 0.1) is 12.8 Å². The predicted octanol–water partition coefficient (Wildman–Crippen LogP) is 3.72. The van der Waals surface area contributed by atoms with E-state index in [4.69, 9.17) is 10.6 Å². The van der Waals surface area contributed by atoms with Gasteiger partial charge in [-0.25, -0.2) is 0 Å². The van der Waals surface area contributed by atoms with Gasteiger partial charge in [0.1, 0.15) is 5.75 Å². The molecule has 0 amide bonds. The molecule has 0 radical (unpaired) electrons. The standard InChI is InChI=1S/C16H28N2O/c1-5-7-13(8-6-2)16(18-17)15-10-9-14(19-4)11-12(15)3/h9-11,13,16,18H,5-8,17H2,1-4H3. The molecular weight excluding hydrogens is 236 g/mol. The SMILES string of the molecule is CCCC(CCC)C(NN)c1ccc(OC)cc1C. The number of nitrogens with two attached hydrogens (primary N) is 1. The van der Waals surface area contributed by atoms with Gasteiger partial charge in [0.15, 0.2) is 0 Å². The first-order valence-corrected chi connectivity index (χ1v) is 7.28. The summed E-state index contributed by atoms with van der Waals surface area (Å²) >= 11 is 0. The van der Waals surface area contributed by atoms with E-state index < -0.39 is 0 Å². The van der Waals surface area contributed by atoms with Gasteiger partial charge >= 0.3 is 0 Å². The van der Waals surface area contributed by atoms with Gasteiger partial charge in [0.25, 0.3) is 0 Å². The highest BCUT2D eigenvalue weighted by Crippen LogP contribution is 2.32. The molecule has 1 aromatic carbocycles. The monoisotopic (exact) mass is 264 g/mol. The van der Waals surface area contributed by atoms with E-state index in [1.807, 2.05) is 6.07 Å². The van der Waals surface area contributed by atoms with Crippen LogP contribution in [0.5, 0.6) is 5.75 Å². The summed E-state index contributed by atoms with van der Waals surface area (Å²) in [5, 5.41) is 0. The second kappa shape index (κ2) is 8.18.